The minimum absolute atomic E-state index is 0.0809. The van der Waals surface area contributed by atoms with E-state index >= 15 is 0 Å². The molecule has 0 radical (unpaired) electrons. The lowest BCUT2D eigenvalue weighted by Gasteiger charge is -2.41. The molecule has 2 nitrogen and oxygen atoms in total. The van der Waals surface area contributed by atoms with Crippen LogP contribution < -0.4 is 15.5 Å². The van der Waals surface area contributed by atoms with Crippen molar-refractivity contribution in [3.8, 4) is 16.8 Å². The lowest BCUT2D eigenvalue weighted by molar-refractivity contribution is 0.633. The van der Waals surface area contributed by atoms with Gasteiger partial charge in [0.15, 0.2) is 0 Å². The van der Waals surface area contributed by atoms with Crippen molar-refractivity contribution in [1.29, 1.82) is 0 Å². The number of benzene rings is 7. The molecule has 0 fully saturated rings. The second kappa shape index (κ2) is 13.3. The van der Waals surface area contributed by atoms with E-state index in [9.17, 15) is 0 Å². The summed E-state index contributed by atoms with van der Waals surface area (Å²) in [5.41, 5.74) is 16.6. The van der Waals surface area contributed by atoms with Crippen LogP contribution in [0.4, 0.5) is 5.69 Å². The number of aromatic nitrogens is 1. The molecular formula is C58H46N2. The predicted octanol–water partition coefficient (Wildman–Crippen LogP) is 11.9. The molecule has 0 saturated heterocycles. The molecule has 0 amide bonds. The van der Waals surface area contributed by atoms with Crippen LogP contribution in [0, 0.1) is 0 Å². The first-order valence-electron chi connectivity index (χ1n) is 21.6. The third-order valence-corrected chi connectivity index (χ3v) is 14.1. The van der Waals surface area contributed by atoms with Crippen LogP contribution >= 0.6 is 0 Å². The van der Waals surface area contributed by atoms with E-state index in [0.717, 1.165) is 12.8 Å². The summed E-state index contributed by atoms with van der Waals surface area (Å²) in [5, 5.41) is 3.94. The van der Waals surface area contributed by atoms with Gasteiger partial charge in [0.1, 0.15) is 0 Å². The van der Waals surface area contributed by atoms with Gasteiger partial charge in [0.25, 0.3) is 0 Å². The second-order valence-electron chi connectivity index (χ2n) is 17.5. The van der Waals surface area contributed by atoms with Gasteiger partial charge in [-0.15, -0.1) is 0 Å². The Morgan fingerprint density at radius 3 is 1.92 bits per heavy atom. The summed E-state index contributed by atoms with van der Waals surface area (Å²) >= 11 is 0. The largest absolute Gasteiger partial charge is 0.358 e. The minimum atomic E-state index is -0.481. The van der Waals surface area contributed by atoms with E-state index < -0.39 is 5.41 Å². The first-order valence-corrected chi connectivity index (χ1v) is 21.6. The fourth-order valence-corrected chi connectivity index (χ4v) is 11.4. The first-order chi connectivity index (χ1) is 29.5. The second-order valence-corrected chi connectivity index (χ2v) is 17.5. The summed E-state index contributed by atoms with van der Waals surface area (Å²) in [6, 6.07) is 65.9. The molecule has 1 aliphatic heterocycles. The van der Waals surface area contributed by atoms with Gasteiger partial charge in [-0.3, -0.25) is 0 Å². The van der Waals surface area contributed by atoms with Crippen LogP contribution in [0.15, 0.2) is 194 Å². The van der Waals surface area contributed by atoms with Crippen LogP contribution in [0.3, 0.4) is 0 Å². The minimum Gasteiger partial charge on any atom is -0.358 e. The summed E-state index contributed by atoms with van der Waals surface area (Å²) in [5.74, 6) is 0. The highest BCUT2D eigenvalue weighted by atomic mass is 15.2. The van der Waals surface area contributed by atoms with Gasteiger partial charge in [-0.05, 0) is 86.7 Å². The van der Waals surface area contributed by atoms with E-state index in [1.54, 1.807) is 0 Å². The fraction of sp³-hybridized carbons (Fsp3) is 0.138. The van der Waals surface area contributed by atoms with Gasteiger partial charge in [-0.25, -0.2) is 0 Å². The molecule has 0 bridgehead atoms. The van der Waals surface area contributed by atoms with E-state index in [-0.39, 0.29) is 17.5 Å². The summed E-state index contributed by atoms with van der Waals surface area (Å²) in [7, 11) is 0. The topological polar surface area (TPSA) is 8.17 Å². The van der Waals surface area contributed by atoms with Crippen LogP contribution in [-0.2, 0) is 10.8 Å². The number of nitrogens with zero attached hydrogens (tertiary/aromatic N) is 2. The standard InChI is InChI=1S/C58H46N2/c1-57(2)50-25-13-12-23-46(50)47-35-33-45(38-53(47)57)59(43-31-29-40(30-32-43)39-17-6-3-7-18-39)44-34-36-54-49(37-44)48-24-16-27-52-56(48)60(54)55-28-15-14-26-51(55)58(52,41-19-8-4-9-20-41)42-21-10-5-11-22-42/h3-31,33,35-38,43-44H,32,34H2,1-2H3. The maximum absolute atomic E-state index is 2.73. The Morgan fingerprint density at radius 1 is 0.550 bits per heavy atom. The number of para-hydroxylation sites is 2. The maximum Gasteiger partial charge on any atom is 0.0742 e. The first kappa shape index (κ1) is 35.1. The quantitative estimate of drug-likeness (QED) is 0.163. The Kier molecular flexibility index (Phi) is 7.78. The van der Waals surface area contributed by atoms with Crippen molar-refractivity contribution >= 4 is 34.3 Å². The molecule has 2 atom stereocenters. The van der Waals surface area contributed by atoms with Gasteiger partial charge in [-0.1, -0.05) is 202 Å². The number of fused-ring (bicyclic) bond motifs is 8. The number of anilines is 1. The van der Waals surface area contributed by atoms with Gasteiger partial charge < -0.3 is 9.47 Å². The summed E-state index contributed by atoms with van der Waals surface area (Å²) in [6.07, 6.45) is 14.2. The Hall–Kier alpha value is -6.90. The smallest absolute Gasteiger partial charge is 0.0742 e. The van der Waals surface area contributed by atoms with Gasteiger partial charge in [0, 0.05) is 27.1 Å². The van der Waals surface area contributed by atoms with E-state index in [4.69, 9.17) is 0 Å². The fourth-order valence-electron chi connectivity index (χ4n) is 11.4. The molecule has 8 aromatic rings. The Morgan fingerprint density at radius 2 is 1.18 bits per heavy atom. The van der Waals surface area contributed by atoms with Crippen LogP contribution in [-0.4, -0.2) is 16.7 Å². The van der Waals surface area contributed by atoms with Crippen molar-refractivity contribution in [2.45, 2.75) is 49.6 Å². The average molecular weight is 771 g/mol. The van der Waals surface area contributed by atoms with Crippen LogP contribution in [0.1, 0.15) is 65.6 Å². The molecule has 0 N–H and O–H groups in total. The molecule has 4 aliphatic rings. The van der Waals surface area contributed by atoms with Gasteiger partial charge >= 0.3 is 0 Å². The van der Waals surface area contributed by atoms with E-state index in [1.165, 1.54) is 88.5 Å². The zero-order valence-corrected chi connectivity index (χ0v) is 34.1. The lowest BCUT2D eigenvalue weighted by atomic mass is 9.63. The molecule has 3 aliphatic carbocycles. The number of rotatable bonds is 6. The molecule has 0 spiro atoms. The molecule has 288 valence electrons. The van der Waals surface area contributed by atoms with Crippen molar-refractivity contribution in [3.63, 3.8) is 0 Å². The molecule has 2 heterocycles. The SMILES string of the molecule is CC1(C)c2ccccc2-c2ccc(N(C3C=CC(c4ccccc4)=CC3)C3C=c4c(n5c6c(cccc46)C(c4ccccc4)(c4ccccc4)c4ccccc4-5)=CC3)cc21. The third kappa shape index (κ3) is 4.94. The monoisotopic (exact) mass is 770 g/mol. The van der Waals surface area contributed by atoms with E-state index in [2.05, 4.69) is 230 Å². The van der Waals surface area contributed by atoms with Crippen molar-refractivity contribution in [2.24, 2.45) is 0 Å². The molecule has 1 aromatic heterocycles. The molecule has 60 heavy (non-hydrogen) atoms. The average Bonchev–Trinajstić information content (AvgIpc) is 3.76. The number of allylic oxidation sites excluding steroid dienone is 2. The van der Waals surface area contributed by atoms with Crippen LogP contribution in [0.25, 0.3) is 45.4 Å². The lowest BCUT2D eigenvalue weighted by Crippen LogP contribution is -2.46. The van der Waals surface area contributed by atoms with Gasteiger partial charge in [0.2, 0.25) is 0 Å². The molecule has 2 unspecified atom stereocenters. The number of hydrogen-bond acceptors (Lipinski definition) is 1. The summed E-state index contributed by atoms with van der Waals surface area (Å²) in [6.45, 7) is 4.79. The zero-order chi connectivity index (χ0) is 40.0. The Bertz CT molecular complexity index is 3140. The van der Waals surface area contributed by atoms with E-state index in [0.29, 0.717) is 0 Å². The third-order valence-electron chi connectivity index (χ3n) is 14.1. The predicted molar refractivity (Wildman–Crippen MR) is 250 cm³/mol. The normalized spacial score (nSPS) is 18.6. The van der Waals surface area contributed by atoms with Crippen LogP contribution in [0.2, 0.25) is 0 Å². The highest BCUT2D eigenvalue weighted by molar-refractivity contribution is 5.94. The Labute approximate surface area is 352 Å². The zero-order valence-electron chi connectivity index (χ0n) is 34.1. The number of hydrogen-bond donors (Lipinski definition) is 0. The van der Waals surface area contributed by atoms with Crippen molar-refractivity contribution in [2.75, 3.05) is 4.90 Å². The summed E-state index contributed by atoms with van der Waals surface area (Å²) in [4.78, 5) is 2.73. The maximum atomic E-state index is 2.73. The molecule has 7 aromatic carbocycles. The highest BCUT2D eigenvalue weighted by Crippen LogP contribution is 2.52. The van der Waals surface area contributed by atoms with Gasteiger partial charge in [-0.2, -0.15) is 0 Å². The Balaban J connectivity index is 1.07. The summed E-state index contributed by atoms with van der Waals surface area (Å²) < 4.78 is 2.58. The van der Waals surface area contributed by atoms with E-state index in [1.807, 2.05) is 0 Å². The van der Waals surface area contributed by atoms with Crippen molar-refractivity contribution in [3.05, 3.63) is 244 Å². The molecule has 2 heteroatoms. The molecule has 0 saturated carbocycles. The molecular weight excluding hydrogens is 725 g/mol. The van der Waals surface area contributed by atoms with Crippen molar-refractivity contribution in [1.82, 2.24) is 4.57 Å². The van der Waals surface area contributed by atoms with Gasteiger partial charge in [0.05, 0.1) is 28.7 Å². The van der Waals surface area contributed by atoms with Crippen molar-refractivity contribution < 1.29 is 0 Å². The highest BCUT2D eigenvalue weighted by Gasteiger charge is 2.45. The molecule has 12 rings (SSSR count). The van der Waals surface area contributed by atoms with Crippen LogP contribution in [0.5, 0.6) is 0 Å².